The lowest BCUT2D eigenvalue weighted by Gasteiger charge is -2.58. The average molecular weight is 749 g/mol. The quantitative estimate of drug-likeness (QED) is 0.0703. The third-order valence-electron chi connectivity index (χ3n) is 11.0. The van der Waals surface area contributed by atoms with E-state index in [2.05, 4.69) is 12.7 Å². The largest absolute Gasteiger partial charge is 0.460 e. The molecule has 0 saturated heterocycles. The zero-order valence-electron chi connectivity index (χ0n) is 31.4. The number of aliphatic hydroxyl groups is 2. The Hall–Kier alpha value is -3.38. The number of allylic oxidation sites excluding steroid dienone is 1. The van der Waals surface area contributed by atoms with Crippen molar-refractivity contribution >= 4 is 23.2 Å². The van der Waals surface area contributed by atoms with Gasteiger partial charge in [-0.05, 0) is 101 Å². The van der Waals surface area contributed by atoms with E-state index in [0.29, 0.717) is 36.2 Å². The summed E-state index contributed by atoms with van der Waals surface area (Å²) in [7, 11) is 0. The summed E-state index contributed by atoms with van der Waals surface area (Å²) in [6.45, 7) is 10.7. The van der Waals surface area contributed by atoms with Crippen LogP contribution in [0.4, 0.5) is 5.69 Å². The summed E-state index contributed by atoms with van der Waals surface area (Å²) in [6.07, 6.45) is 14.5. The van der Waals surface area contributed by atoms with Crippen molar-refractivity contribution in [2.45, 2.75) is 119 Å². The number of ether oxygens (including phenoxy) is 3. The highest BCUT2D eigenvalue weighted by atomic mass is 32.2. The number of hydrogen-bond donors (Lipinski definition) is 2. The van der Waals surface area contributed by atoms with Crippen molar-refractivity contribution in [3.8, 4) is 17.2 Å². The van der Waals surface area contributed by atoms with E-state index in [9.17, 15) is 20.3 Å². The Morgan fingerprint density at radius 3 is 2.49 bits per heavy atom. The van der Waals surface area contributed by atoms with Gasteiger partial charge in [-0.1, -0.05) is 49.1 Å². The minimum atomic E-state index is -1.01. The molecular formula is C42H56N2O8S. The van der Waals surface area contributed by atoms with E-state index in [4.69, 9.17) is 24.2 Å². The van der Waals surface area contributed by atoms with Gasteiger partial charge in [0, 0.05) is 42.4 Å². The van der Waals surface area contributed by atoms with Gasteiger partial charge < -0.3 is 29.3 Å². The Morgan fingerprint density at radius 2 is 1.79 bits per heavy atom. The molecule has 3 aliphatic carbocycles. The van der Waals surface area contributed by atoms with Gasteiger partial charge in [0.05, 0.1) is 34.5 Å². The molecule has 2 fully saturated rings. The van der Waals surface area contributed by atoms with E-state index in [0.717, 1.165) is 67.5 Å². The third-order valence-corrected chi connectivity index (χ3v) is 12.7. The molecule has 0 aromatic heterocycles. The van der Waals surface area contributed by atoms with Crippen molar-refractivity contribution < 1.29 is 34.2 Å². The van der Waals surface area contributed by atoms with Crippen molar-refractivity contribution in [1.29, 1.82) is 0 Å². The first kappa shape index (κ1) is 39.3. The van der Waals surface area contributed by atoms with Gasteiger partial charge in [-0.25, -0.2) is 0 Å². The standard InChI is InChI=1S/C42H56N2O8S/c1-5-23-49-42-38(53-32-16-6-7-17-32)27-36(43-52-41(2,3)4)34-24-28(13-8-10-21-45)33(18-9-11-22-46)39(40(34)42)35-26-31(19-20-37(35)51-42)50-30-15-12-14-29(25-30)44(47)48/h5,12,14-15,19-20,24-26,28,32-33,38-40,45-46H,1,6-11,13,16-18,21-23,27H2,2-4H3/t28-,33+,38-,39+,40+,42+/m0/s1. The molecule has 2 N–H and O–H groups in total. The molecule has 10 nitrogen and oxygen atoms in total. The number of fused-ring (bicyclic) bond motifs is 2. The van der Waals surface area contributed by atoms with E-state index in [1.165, 1.54) is 25.0 Å². The number of unbranched alkanes of at least 4 members (excludes halogenated alkanes) is 2. The predicted molar refractivity (Wildman–Crippen MR) is 209 cm³/mol. The van der Waals surface area contributed by atoms with Crippen molar-refractivity contribution in [1.82, 2.24) is 0 Å². The monoisotopic (exact) mass is 748 g/mol. The number of non-ortho nitro benzene ring substituents is 1. The number of benzene rings is 2. The van der Waals surface area contributed by atoms with Crippen LogP contribution in [0.2, 0.25) is 0 Å². The number of thioether (sulfide) groups is 1. The Balaban J connectivity index is 1.54. The van der Waals surface area contributed by atoms with Crippen LogP contribution in [-0.4, -0.2) is 62.6 Å². The molecule has 1 heterocycles. The Bertz CT molecular complexity index is 1650. The molecule has 0 bridgehead atoms. The van der Waals surface area contributed by atoms with Crippen LogP contribution < -0.4 is 9.47 Å². The minimum Gasteiger partial charge on any atom is -0.460 e. The van der Waals surface area contributed by atoms with Crippen LogP contribution in [0.5, 0.6) is 17.2 Å². The lowest BCUT2D eigenvalue weighted by atomic mass is 9.56. The molecule has 0 unspecified atom stereocenters. The van der Waals surface area contributed by atoms with Crippen molar-refractivity contribution in [2.75, 3.05) is 19.8 Å². The second-order valence-electron chi connectivity index (χ2n) is 15.8. The summed E-state index contributed by atoms with van der Waals surface area (Å²) in [5.41, 5.74) is 2.51. The molecule has 6 rings (SSSR count). The molecule has 2 saturated carbocycles. The van der Waals surface area contributed by atoms with Gasteiger partial charge in [-0.15, -0.1) is 18.3 Å². The van der Waals surface area contributed by atoms with Crippen molar-refractivity contribution in [3.05, 3.63) is 82.4 Å². The number of nitro groups is 1. The van der Waals surface area contributed by atoms with Crippen LogP contribution in [-0.2, 0) is 9.57 Å². The molecule has 53 heavy (non-hydrogen) atoms. The first-order chi connectivity index (χ1) is 25.6. The van der Waals surface area contributed by atoms with Crippen molar-refractivity contribution in [3.63, 3.8) is 0 Å². The number of aliphatic hydroxyl groups excluding tert-OH is 2. The van der Waals surface area contributed by atoms with Crippen LogP contribution in [0.3, 0.4) is 0 Å². The molecule has 2 aromatic carbocycles. The SMILES string of the molecule is C=CCO[C@@]12Oc3ccc(Oc4cccc([N+](=O)[O-])c4)cc3[C@H]3[C@H](CCCCO)[C@@H](CCCCO)C=C(C(=NOC(C)(C)C)C[C@@H]1SC1CCCC1)[C@H]32. The molecule has 6 atom stereocenters. The Kier molecular flexibility index (Phi) is 12.9. The normalized spacial score (nSPS) is 27.4. The summed E-state index contributed by atoms with van der Waals surface area (Å²) in [6, 6.07) is 12.1. The smallest absolute Gasteiger partial charge is 0.273 e. The predicted octanol–water partition coefficient (Wildman–Crippen LogP) is 9.50. The van der Waals surface area contributed by atoms with Crippen LogP contribution in [0.15, 0.2) is 71.9 Å². The molecule has 0 radical (unpaired) electrons. The Labute approximate surface area is 318 Å². The molecule has 2 aromatic rings. The van der Waals surface area contributed by atoms with Crippen LogP contribution in [0.25, 0.3) is 0 Å². The molecular weight excluding hydrogens is 693 g/mol. The maximum atomic E-state index is 11.5. The zero-order valence-corrected chi connectivity index (χ0v) is 32.2. The number of nitrogens with zero attached hydrogens (tertiary/aromatic N) is 2. The maximum Gasteiger partial charge on any atom is 0.273 e. The fraction of sp³-hybridized carbons (Fsp3) is 0.595. The topological polar surface area (TPSA) is 133 Å². The highest BCUT2D eigenvalue weighted by Gasteiger charge is 2.64. The summed E-state index contributed by atoms with van der Waals surface area (Å²) in [5, 5.41) is 36.5. The fourth-order valence-corrected chi connectivity index (χ4v) is 10.5. The third kappa shape index (κ3) is 8.96. The molecule has 4 aliphatic rings. The van der Waals surface area contributed by atoms with E-state index < -0.39 is 16.3 Å². The minimum absolute atomic E-state index is 0.0398. The van der Waals surface area contributed by atoms with Gasteiger partial charge in [-0.3, -0.25) is 10.1 Å². The summed E-state index contributed by atoms with van der Waals surface area (Å²) in [5.74, 6) is 0.702. The summed E-state index contributed by atoms with van der Waals surface area (Å²) >= 11 is 1.97. The van der Waals surface area contributed by atoms with E-state index in [1.54, 1.807) is 18.2 Å². The number of rotatable bonds is 17. The van der Waals surface area contributed by atoms with E-state index in [-0.39, 0.29) is 47.8 Å². The maximum absolute atomic E-state index is 11.5. The van der Waals surface area contributed by atoms with Gasteiger partial charge in [0.2, 0.25) is 5.79 Å². The molecule has 11 heteroatoms. The van der Waals surface area contributed by atoms with E-state index >= 15 is 0 Å². The molecule has 0 amide bonds. The van der Waals surface area contributed by atoms with Gasteiger partial charge in [0.1, 0.15) is 22.8 Å². The van der Waals surface area contributed by atoms with Crippen LogP contribution >= 0.6 is 11.8 Å². The lowest BCUT2D eigenvalue weighted by Crippen LogP contribution is -2.64. The van der Waals surface area contributed by atoms with Crippen LogP contribution in [0, 0.1) is 27.9 Å². The highest BCUT2D eigenvalue weighted by Crippen LogP contribution is 2.63. The lowest BCUT2D eigenvalue weighted by molar-refractivity contribution is -0.384. The fourth-order valence-electron chi connectivity index (χ4n) is 8.75. The molecule has 1 aliphatic heterocycles. The second kappa shape index (κ2) is 17.4. The molecule has 0 spiro atoms. The summed E-state index contributed by atoms with van der Waals surface area (Å²) in [4.78, 5) is 17.3. The summed E-state index contributed by atoms with van der Waals surface area (Å²) < 4.78 is 20.7. The number of oxime groups is 1. The van der Waals surface area contributed by atoms with Gasteiger partial charge in [-0.2, -0.15) is 0 Å². The van der Waals surface area contributed by atoms with E-state index in [1.807, 2.05) is 50.7 Å². The number of hydrogen-bond acceptors (Lipinski definition) is 10. The van der Waals surface area contributed by atoms with Gasteiger partial charge in [0.25, 0.3) is 5.69 Å². The average Bonchev–Trinajstić information content (AvgIpc) is 3.65. The van der Waals surface area contributed by atoms with Crippen molar-refractivity contribution in [2.24, 2.45) is 22.9 Å². The van der Waals surface area contributed by atoms with Gasteiger partial charge >= 0.3 is 0 Å². The zero-order chi connectivity index (χ0) is 37.6. The second-order valence-corrected chi connectivity index (χ2v) is 17.4. The number of nitro benzene ring substituents is 1. The first-order valence-electron chi connectivity index (χ1n) is 19.4. The first-order valence-corrected chi connectivity index (χ1v) is 20.4. The van der Waals surface area contributed by atoms with Crippen LogP contribution in [0.1, 0.15) is 103 Å². The molecule has 288 valence electrons. The Morgan fingerprint density at radius 1 is 1.06 bits per heavy atom. The van der Waals surface area contributed by atoms with Gasteiger partial charge in [0.15, 0.2) is 0 Å². The highest BCUT2D eigenvalue weighted by molar-refractivity contribution is 8.00.